The highest BCUT2D eigenvalue weighted by Gasteiger charge is 2.56. The summed E-state index contributed by atoms with van der Waals surface area (Å²) in [5.41, 5.74) is 0.357. The number of nitro benzene ring substituents is 1. The monoisotopic (exact) mass is 581 g/mol. The van der Waals surface area contributed by atoms with E-state index in [0.29, 0.717) is 6.42 Å². The summed E-state index contributed by atoms with van der Waals surface area (Å²) in [7, 11) is 1.06. The zero-order valence-corrected chi connectivity index (χ0v) is 24.1. The van der Waals surface area contributed by atoms with Crippen molar-refractivity contribution in [2.75, 3.05) is 7.11 Å². The Bertz CT molecular complexity index is 1070. The summed E-state index contributed by atoms with van der Waals surface area (Å²) in [6.07, 6.45) is 0.250. The van der Waals surface area contributed by atoms with Crippen LogP contribution in [-0.2, 0) is 49.3 Å². The van der Waals surface area contributed by atoms with Gasteiger partial charge in [0.05, 0.1) is 12.0 Å². The summed E-state index contributed by atoms with van der Waals surface area (Å²) >= 11 is 0. The Kier molecular flexibility index (Phi) is 13.5. The number of esters is 4. The number of unbranched alkanes of at least 4 members (excludes halogenated alkanes) is 6. The number of carbonyl (C=O) groups excluding carboxylic acids is 4. The fourth-order valence-electron chi connectivity index (χ4n) is 4.55. The van der Waals surface area contributed by atoms with Crippen molar-refractivity contribution in [1.82, 2.24) is 0 Å². The first-order valence-corrected chi connectivity index (χ1v) is 13.7. The highest BCUT2D eigenvalue weighted by molar-refractivity contribution is 5.77. The molecule has 0 saturated carbocycles. The first-order valence-electron chi connectivity index (χ1n) is 13.7. The van der Waals surface area contributed by atoms with Gasteiger partial charge in [-0.25, -0.2) is 4.79 Å². The first kappa shape index (κ1) is 33.5. The van der Waals surface area contributed by atoms with Crippen LogP contribution in [0.15, 0.2) is 18.2 Å². The van der Waals surface area contributed by atoms with Crippen LogP contribution in [0, 0.1) is 10.1 Å². The molecule has 1 heterocycles. The Labute approximate surface area is 238 Å². The van der Waals surface area contributed by atoms with Crippen molar-refractivity contribution < 1.29 is 52.5 Å². The molecule has 1 aromatic carbocycles. The summed E-state index contributed by atoms with van der Waals surface area (Å²) in [6, 6.07) is 4.44. The molecule has 0 amide bonds. The minimum absolute atomic E-state index is 0.239. The van der Waals surface area contributed by atoms with E-state index in [9.17, 15) is 29.3 Å². The number of hydrogen-bond donors (Lipinski definition) is 0. The average Bonchev–Trinajstić information content (AvgIpc) is 2.90. The topological polar surface area (TPSA) is 167 Å². The maximum absolute atomic E-state index is 12.6. The number of carbonyl (C=O) groups is 4. The van der Waals surface area contributed by atoms with E-state index >= 15 is 0 Å². The molecule has 5 atom stereocenters. The zero-order chi connectivity index (χ0) is 30.5. The largest absolute Gasteiger partial charge is 0.467 e. The van der Waals surface area contributed by atoms with Crippen LogP contribution in [0.3, 0.4) is 0 Å². The number of methoxy groups -OCH3 is 1. The van der Waals surface area contributed by atoms with Gasteiger partial charge < -0.3 is 28.4 Å². The van der Waals surface area contributed by atoms with Crippen LogP contribution in [0.25, 0.3) is 0 Å². The van der Waals surface area contributed by atoms with Gasteiger partial charge in [-0.15, -0.1) is 0 Å². The quantitative estimate of drug-likeness (QED) is 0.0963. The molecule has 13 heteroatoms. The van der Waals surface area contributed by atoms with Crippen molar-refractivity contribution in [2.24, 2.45) is 0 Å². The smallest absolute Gasteiger partial charge is 0.339 e. The van der Waals surface area contributed by atoms with Gasteiger partial charge in [0.15, 0.2) is 24.1 Å². The third-order valence-electron chi connectivity index (χ3n) is 6.37. The minimum atomic E-state index is -1.69. The van der Waals surface area contributed by atoms with Gasteiger partial charge in [-0.3, -0.25) is 24.5 Å². The van der Waals surface area contributed by atoms with Crippen molar-refractivity contribution in [3.63, 3.8) is 0 Å². The third kappa shape index (κ3) is 10.3. The molecule has 2 rings (SSSR count). The molecule has 1 aromatic rings. The summed E-state index contributed by atoms with van der Waals surface area (Å²) in [5, 5.41) is 12.0. The molecular formula is C28H39NO12. The van der Waals surface area contributed by atoms with Gasteiger partial charge >= 0.3 is 29.6 Å². The van der Waals surface area contributed by atoms with Crippen molar-refractivity contribution >= 4 is 29.6 Å². The number of nitrogens with zero attached hydrogens (tertiary/aromatic N) is 1. The predicted molar refractivity (Wildman–Crippen MR) is 143 cm³/mol. The summed E-state index contributed by atoms with van der Waals surface area (Å²) < 4.78 is 32.1. The van der Waals surface area contributed by atoms with Crippen molar-refractivity contribution in [3.8, 4) is 5.75 Å². The van der Waals surface area contributed by atoms with Crippen LogP contribution in [0.5, 0.6) is 5.75 Å². The average molecular weight is 582 g/mol. The molecule has 1 aliphatic heterocycles. The van der Waals surface area contributed by atoms with E-state index in [0.717, 1.165) is 59.1 Å². The normalized spacial score (nSPS) is 21.8. The van der Waals surface area contributed by atoms with Gasteiger partial charge in [0.25, 0.3) is 0 Å². The molecule has 0 aromatic heterocycles. The lowest BCUT2D eigenvalue weighted by molar-refractivity contribution is -0.387. The molecule has 13 nitrogen and oxygen atoms in total. The van der Waals surface area contributed by atoms with Gasteiger partial charge in [-0.2, -0.15) is 0 Å². The number of nitro groups is 1. The lowest BCUT2D eigenvalue weighted by Crippen LogP contribution is -2.64. The van der Waals surface area contributed by atoms with Gasteiger partial charge in [0, 0.05) is 26.8 Å². The molecule has 1 fully saturated rings. The molecule has 0 N–H and O–H groups in total. The van der Waals surface area contributed by atoms with E-state index < -0.39 is 59.5 Å². The fourth-order valence-corrected chi connectivity index (χ4v) is 4.55. The molecule has 0 bridgehead atoms. The number of rotatable bonds is 15. The van der Waals surface area contributed by atoms with Gasteiger partial charge in [0.1, 0.15) is 0 Å². The molecule has 1 aliphatic rings. The standard InChI is InChI=1S/C28H39NO12/c1-6-7-8-9-10-11-12-13-20-14-15-22(21(16-20)29(34)35)40-28-26(39-19(4)32)24(38-18(3)31)23(37-17(2)30)25(41-28)27(33)36-5/h14-16,23-26,28H,6-13H2,1-5H3. The van der Waals surface area contributed by atoms with Crippen LogP contribution in [-0.4, -0.2) is 66.6 Å². The van der Waals surface area contributed by atoms with E-state index in [2.05, 4.69) is 6.92 Å². The highest BCUT2D eigenvalue weighted by Crippen LogP contribution is 2.35. The van der Waals surface area contributed by atoms with E-state index in [4.69, 9.17) is 28.4 Å². The molecule has 5 unspecified atom stereocenters. The second kappa shape index (κ2) is 16.5. The molecular weight excluding hydrogens is 542 g/mol. The predicted octanol–water partition coefficient (Wildman–Crippen LogP) is 3.96. The lowest BCUT2D eigenvalue weighted by Gasteiger charge is -2.42. The molecule has 1 saturated heterocycles. The van der Waals surface area contributed by atoms with Crippen molar-refractivity contribution in [2.45, 2.75) is 110 Å². The number of benzene rings is 1. The summed E-state index contributed by atoms with van der Waals surface area (Å²) in [5.74, 6) is -3.80. The molecule has 0 spiro atoms. The van der Waals surface area contributed by atoms with Crippen LogP contribution < -0.4 is 4.74 Å². The van der Waals surface area contributed by atoms with Crippen LogP contribution in [0.1, 0.15) is 78.2 Å². The second-order valence-corrected chi connectivity index (χ2v) is 9.72. The van der Waals surface area contributed by atoms with E-state index in [1.807, 2.05) is 0 Å². The van der Waals surface area contributed by atoms with E-state index in [1.165, 1.54) is 31.4 Å². The molecule has 41 heavy (non-hydrogen) atoms. The van der Waals surface area contributed by atoms with E-state index in [-0.39, 0.29) is 11.4 Å². The Morgan fingerprint density at radius 1 is 0.854 bits per heavy atom. The number of ether oxygens (including phenoxy) is 6. The highest BCUT2D eigenvalue weighted by atomic mass is 16.7. The molecule has 0 aliphatic carbocycles. The minimum Gasteiger partial charge on any atom is -0.467 e. The zero-order valence-electron chi connectivity index (χ0n) is 24.1. The van der Waals surface area contributed by atoms with Crippen molar-refractivity contribution in [1.29, 1.82) is 0 Å². The third-order valence-corrected chi connectivity index (χ3v) is 6.37. The maximum atomic E-state index is 12.6. The Hall–Kier alpha value is -3.74. The van der Waals surface area contributed by atoms with Crippen molar-refractivity contribution in [3.05, 3.63) is 33.9 Å². The first-order chi connectivity index (χ1) is 19.5. The fraction of sp³-hybridized carbons (Fsp3) is 0.643. The Morgan fingerprint density at radius 3 is 1.98 bits per heavy atom. The molecule has 228 valence electrons. The van der Waals surface area contributed by atoms with Gasteiger partial charge in [0.2, 0.25) is 12.4 Å². The maximum Gasteiger partial charge on any atom is 0.339 e. The van der Waals surface area contributed by atoms with E-state index in [1.54, 1.807) is 6.07 Å². The summed E-state index contributed by atoms with van der Waals surface area (Å²) in [6.45, 7) is 5.34. The SMILES string of the molecule is CCCCCCCCCc1ccc(OC2OC(C(=O)OC)C(OC(C)=O)C(OC(C)=O)C2OC(C)=O)c([N+](=O)[O-])c1. The Morgan fingerprint density at radius 2 is 1.41 bits per heavy atom. The van der Waals surface area contributed by atoms with Gasteiger partial charge in [-0.1, -0.05) is 51.5 Å². The number of hydrogen-bond acceptors (Lipinski definition) is 12. The van der Waals surface area contributed by atoms with Crippen LogP contribution in [0.2, 0.25) is 0 Å². The lowest BCUT2D eigenvalue weighted by atomic mass is 9.97. The molecule has 0 radical (unpaired) electrons. The van der Waals surface area contributed by atoms with Crippen LogP contribution in [0.4, 0.5) is 5.69 Å². The second-order valence-electron chi connectivity index (χ2n) is 9.72. The van der Waals surface area contributed by atoms with Crippen LogP contribution >= 0.6 is 0 Å². The number of aryl methyl sites for hydroxylation is 1. The van der Waals surface area contributed by atoms with Gasteiger partial charge in [-0.05, 0) is 24.5 Å². The Balaban J connectivity index is 2.36. The summed E-state index contributed by atoms with van der Waals surface area (Å²) in [4.78, 5) is 59.7.